The van der Waals surface area contributed by atoms with Crippen molar-refractivity contribution in [1.82, 2.24) is 0 Å². The van der Waals surface area contributed by atoms with Crippen LogP contribution in [-0.2, 0) is 16.0 Å². The number of ether oxygens (including phenoxy) is 3. The lowest BCUT2D eigenvalue weighted by Gasteiger charge is -2.13. The van der Waals surface area contributed by atoms with Crippen LogP contribution in [0.4, 0.5) is 0 Å². The molecule has 1 atom stereocenters. The maximum absolute atomic E-state index is 11.3. The molecule has 2 N–H and O–H groups in total. The maximum Gasteiger partial charge on any atom is 0.305 e. The van der Waals surface area contributed by atoms with E-state index in [-0.39, 0.29) is 12.0 Å². The summed E-state index contributed by atoms with van der Waals surface area (Å²) in [5.74, 6) is 1.26. The molecule has 0 aliphatic rings. The highest BCUT2D eigenvalue weighted by Gasteiger charge is 2.10. The summed E-state index contributed by atoms with van der Waals surface area (Å²) in [6.45, 7) is 2.20. The largest absolute Gasteiger partial charge is 0.497 e. The molecule has 5 nitrogen and oxygen atoms in total. The Morgan fingerprint density at radius 2 is 1.80 bits per heavy atom. The van der Waals surface area contributed by atoms with E-state index in [0.29, 0.717) is 25.9 Å². The number of carbonyl (C=O) groups is 1. The van der Waals surface area contributed by atoms with E-state index in [1.807, 2.05) is 18.2 Å². The first-order chi connectivity index (χ1) is 9.58. The minimum Gasteiger partial charge on any atom is -0.497 e. The van der Waals surface area contributed by atoms with Crippen LogP contribution in [0.15, 0.2) is 18.2 Å². The SMILES string of the molecule is CCOC(=O)CCC(N)Cc1cc(OC)cc(OC)c1. The fourth-order valence-corrected chi connectivity index (χ4v) is 1.93. The van der Waals surface area contributed by atoms with E-state index in [1.165, 1.54) is 0 Å². The van der Waals surface area contributed by atoms with Crippen molar-refractivity contribution in [1.29, 1.82) is 0 Å². The Hall–Kier alpha value is -1.75. The number of carbonyl (C=O) groups excluding carboxylic acids is 1. The molecular formula is C15H23NO4. The van der Waals surface area contributed by atoms with E-state index in [2.05, 4.69) is 0 Å². The monoisotopic (exact) mass is 281 g/mol. The highest BCUT2D eigenvalue weighted by Crippen LogP contribution is 2.23. The van der Waals surface area contributed by atoms with Gasteiger partial charge >= 0.3 is 5.97 Å². The molecule has 0 saturated heterocycles. The second-order valence-electron chi connectivity index (χ2n) is 4.53. The number of rotatable bonds is 8. The van der Waals surface area contributed by atoms with Crippen LogP contribution in [0.5, 0.6) is 11.5 Å². The molecule has 1 unspecified atom stereocenters. The van der Waals surface area contributed by atoms with Crippen molar-refractivity contribution in [2.75, 3.05) is 20.8 Å². The van der Waals surface area contributed by atoms with Crippen molar-refractivity contribution >= 4 is 5.97 Å². The summed E-state index contributed by atoms with van der Waals surface area (Å²) in [6.07, 6.45) is 1.60. The van der Waals surface area contributed by atoms with Crippen LogP contribution < -0.4 is 15.2 Å². The van der Waals surface area contributed by atoms with Gasteiger partial charge in [-0.05, 0) is 37.5 Å². The quantitative estimate of drug-likeness (QED) is 0.737. The van der Waals surface area contributed by atoms with Gasteiger partial charge in [0, 0.05) is 18.5 Å². The third-order valence-electron chi connectivity index (χ3n) is 2.93. The van der Waals surface area contributed by atoms with Gasteiger partial charge in [-0.15, -0.1) is 0 Å². The molecule has 0 saturated carbocycles. The average molecular weight is 281 g/mol. The molecule has 0 spiro atoms. The number of hydrogen-bond acceptors (Lipinski definition) is 5. The number of esters is 1. The van der Waals surface area contributed by atoms with Gasteiger partial charge in [-0.1, -0.05) is 0 Å². The molecule has 0 aliphatic carbocycles. The van der Waals surface area contributed by atoms with Crippen LogP contribution in [0.3, 0.4) is 0 Å². The Morgan fingerprint density at radius 1 is 1.20 bits per heavy atom. The van der Waals surface area contributed by atoms with Gasteiger partial charge in [-0.3, -0.25) is 4.79 Å². The Kier molecular flexibility index (Phi) is 6.87. The molecule has 0 aromatic heterocycles. The predicted octanol–water partition coefficient (Wildman–Crippen LogP) is 1.92. The zero-order valence-corrected chi connectivity index (χ0v) is 12.3. The third-order valence-corrected chi connectivity index (χ3v) is 2.93. The second-order valence-corrected chi connectivity index (χ2v) is 4.53. The summed E-state index contributed by atoms with van der Waals surface area (Å²) < 4.78 is 15.3. The molecule has 0 aliphatic heterocycles. The van der Waals surface area contributed by atoms with E-state index in [9.17, 15) is 4.79 Å². The van der Waals surface area contributed by atoms with E-state index in [4.69, 9.17) is 19.9 Å². The highest BCUT2D eigenvalue weighted by atomic mass is 16.5. The summed E-state index contributed by atoms with van der Waals surface area (Å²) in [5.41, 5.74) is 7.07. The van der Waals surface area contributed by atoms with Crippen LogP contribution in [0, 0.1) is 0 Å². The normalized spacial score (nSPS) is 11.8. The van der Waals surface area contributed by atoms with Gasteiger partial charge in [0.1, 0.15) is 11.5 Å². The fourth-order valence-electron chi connectivity index (χ4n) is 1.93. The first-order valence-electron chi connectivity index (χ1n) is 6.72. The van der Waals surface area contributed by atoms with Gasteiger partial charge in [0.2, 0.25) is 0 Å². The number of hydrogen-bond donors (Lipinski definition) is 1. The number of benzene rings is 1. The predicted molar refractivity (Wildman–Crippen MR) is 77.1 cm³/mol. The van der Waals surface area contributed by atoms with E-state index in [1.54, 1.807) is 21.1 Å². The summed E-state index contributed by atoms with van der Waals surface area (Å²) in [4.78, 5) is 11.3. The zero-order chi connectivity index (χ0) is 15.0. The Morgan fingerprint density at radius 3 is 2.30 bits per heavy atom. The number of nitrogens with two attached hydrogens (primary N) is 1. The Labute approximate surface area is 120 Å². The van der Waals surface area contributed by atoms with Crippen molar-refractivity contribution in [3.63, 3.8) is 0 Å². The van der Waals surface area contributed by atoms with E-state index >= 15 is 0 Å². The molecule has 0 bridgehead atoms. The molecule has 0 amide bonds. The summed E-state index contributed by atoms with van der Waals surface area (Å²) in [6, 6.07) is 5.56. The van der Waals surface area contributed by atoms with Crippen molar-refractivity contribution < 1.29 is 19.0 Å². The molecule has 1 aromatic carbocycles. The molecule has 0 fully saturated rings. The smallest absolute Gasteiger partial charge is 0.305 e. The van der Waals surface area contributed by atoms with Crippen LogP contribution in [0.25, 0.3) is 0 Å². The van der Waals surface area contributed by atoms with Gasteiger partial charge in [-0.2, -0.15) is 0 Å². The first kappa shape index (κ1) is 16.3. The Balaban J connectivity index is 2.56. The molecule has 5 heteroatoms. The van der Waals surface area contributed by atoms with Crippen LogP contribution in [-0.4, -0.2) is 32.8 Å². The molecule has 20 heavy (non-hydrogen) atoms. The number of methoxy groups -OCH3 is 2. The van der Waals surface area contributed by atoms with Gasteiger partial charge in [0.05, 0.1) is 20.8 Å². The average Bonchev–Trinajstić information content (AvgIpc) is 2.45. The van der Waals surface area contributed by atoms with Crippen molar-refractivity contribution in [3.8, 4) is 11.5 Å². The summed E-state index contributed by atoms with van der Waals surface area (Å²) >= 11 is 0. The molecule has 112 valence electrons. The minimum absolute atomic E-state index is 0.101. The van der Waals surface area contributed by atoms with Crippen molar-refractivity contribution in [2.45, 2.75) is 32.2 Å². The maximum atomic E-state index is 11.3. The first-order valence-corrected chi connectivity index (χ1v) is 6.72. The van der Waals surface area contributed by atoms with Crippen LogP contribution >= 0.6 is 0 Å². The van der Waals surface area contributed by atoms with Gasteiger partial charge in [-0.25, -0.2) is 0 Å². The lowest BCUT2D eigenvalue weighted by Crippen LogP contribution is -2.24. The molecule has 0 radical (unpaired) electrons. The van der Waals surface area contributed by atoms with E-state index < -0.39 is 0 Å². The molecule has 1 rings (SSSR count). The van der Waals surface area contributed by atoms with Crippen LogP contribution in [0.2, 0.25) is 0 Å². The summed E-state index contributed by atoms with van der Waals surface area (Å²) in [5, 5.41) is 0. The van der Waals surface area contributed by atoms with Crippen molar-refractivity contribution in [2.24, 2.45) is 5.73 Å². The third kappa shape index (κ3) is 5.48. The van der Waals surface area contributed by atoms with Gasteiger partial charge < -0.3 is 19.9 Å². The summed E-state index contributed by atoms with van der Waals surface area (Å²) in [7, 11) is 3.22. The lowest BCUT2D eigenvalue weighted by molar-refractivity contribution is -0.143. The second kappa shape index (κ2) is 8.43. The topological polar surface area (TPSA) is 70.8 Å². The van der Waals surface area contributed by atoms with Crippen molar-refractivity contribution in [3.05, 3.63) is 23.8 Å². The fraction of sp³-hybridized carbons (Fsp3) is 0.533. The zero-order valence-electron chi connectivity index (χ0n) is 12.3. The van der Waals surface area contributed by atoms with Gasteiger partial charge in [0.15, 0.2) is 0 Å². The molecule has 0 heterocycles. The minimum atomic E-state index is -0.203. The van der Waals surface area contributed by atoms with Gasteiger partial charge in [0.25, 0.3) is 0 Å². The standard InChI is InChI=1S/C15H23NO4/c1-4-20-15(17)6-5-12(16)7-11-8-13(18-2)10-14(9-11)19-3/h8-10,12H,4-7,16H2,1-3H3. The molecule has 1 aromatic rings. The molecular weight excluding hydrogens is 258 g/mol. The lowest BCUT2D eigenvalue weighted by atomic mass is 10.0. The Bertz CT molecular complexity index is 412. The van der Waals surface area contributed by atoms with E-state index in [0.717, 1.165) is 17.1 Å². The highest BCUT2D eigenvalue weighted by molar-refractivity contribution is 5.69. The van der Waals surface area contributed by atoms with Crippen LogP contribution in [0.1, 0.15) is 25.3 Å².